The lowest BCUT2D eigenvalue weighted by Crippen LogP contribution is -2.07. The maximum atomic E-state index is 14.4. The minimum absolute atomic E-state index is 0.260. The minimum atomic E-state index is -0.260. The number of hydrogen-bond donors (Lipinski definition) is 1. The van der Waals surface area contributed by atoms with Crippen LogP contribution in [0.5, 0.6) is 0 Å². The second kappa shape index (κ2) is 8.68. The van der Waals surface area contributed by atoms with Crippen molar-refractivity contribution >= 4 is 11.5 Å². The highest BCUT2D eigenvalue weighted by atomic mass is 19.1. The zero-order chi connectivity index (χ0) is 19.2. The van der Waals surface area contributed by atoms with Gasteiger partial charge in [-0.3, -0.25) is 4.40 Å². The van der Waals surface area contributed by atoms with Crippen molar-refractivity contribution in [3.05, 3.63) is 58.3 Å². The number of aryl methyl sites for hydroxylation is 2. The molecule has 0 atom stereocenters. The molecule has 0 amide bonds. The van der Waals surface area contributed by atoms with Gasteiger partial charge in [0.15, 0.2) is 0 Å². The van der Waals surface area contributed by atoms with Gasteiger partial charge >= 0.3 is 0 Å². The summed E-state index contributed by atoms with van der Waals surface area (Å²) in [6, 6.07) is 10.9. The second-order valence-corrected chi connectivity index (χ2v) is 6.90. The molecule has 0 spiro atoms. The van der Waals surface area contributed by atoms with E-state index in [1.165, 1.54) is 6.07 Å². The Morgan fingerprint density at radius 3 is 2.67 bits per heavy atom. The standard InChI is InChI=1S/C22H26FN4/c1-16-14-17(2)27-20(15-16)26-21(18-10-6-7-11-19(18)23)22(27)25-13-9-5-4-8-12-24-3/h3,6-7,10-11,14-15,25H,4-5,8-9,12-13H2,1-2H3/q+1. The summed E-state index contributed by atoms with van der Waals surface area (Å²) in [4.78, 5) is 8.37. The SMILES string of the molecule is C#[N+]CCCCCCNc1c(-c2ccccc2F)nc2cc(C)cc(C)n12. The zero-order valence-electron chi connectivity index (χ0n) is 16.0. The quantitative estimate of drug-likeness (QED) is 0.520. The Morgan fingerprint density at radius 1 is 1.11 bits per heavy atom. The second-order valence-electron chi connectivity index (χ2n) is 6.90. The number of pyridine rings is 1. The van der Waals surface area contributed by atoms with Crippen molar-refractivity contribution in [1.82, 2.24) is 9.38 Å². The summed E-state index contributed by atoms with van der Waals surface area (Å²) in [7, 11) is 0. The topological polar surface area (TPSA) is 33.7 Å². The molecule has 4 nitrogen and oxygen atoms in total. The van der Waals surface area contributed by atoms with Gasteiger partial charge in [-0.2, -0.15) is 0 Å². The summed E-state index contributed by atoms with van der Waals surface area (Å²) in [5.41, 5.74) is 4.22. The molecule has 0 bridgehead atoms. The Bertz CT molecular complexity index is 968. The van der Waals surface area contributed by atoms with Gasteiger partial charge in [-0.25, -0.2) is 9.37 Å². The smallest absolute Gasteiger partial charge is 0.263 e. The van der Waals surface area contributed by atoms with Gasteiger partial charge in [-0.15, -0.1) is 0 Å². The van der Waals surface area contributed by atoms with Crippen molar-refractivity contribution in [3.63, 3.8) is 0 Å². The first kappa shape index (κ1) is 18.9. The number of unbranched alkanes of at least 4 members (excludes halogenated alkanes) is 3. The van der Waals surface area contributed by atoms with Crippen LogP contribution in [-0.2, 0) is 0 Å². The van der Waals surface area contributed by atoms with Crippen LogP contribution in [0, 0.1) is 26.2 Å². The molecule has 0 unspecified atom stereocenters. The number of benzene rings is 1. The maximum Gasteiger partial charge on any atom is 0.263 e. The third kappa shape index (κ3) is 4.28. The molecule has 1 aromatic carbocycles. The first-order valence-corrected chi connectivity index (χ1v) is 9.47. The molecule has 0 radical (unpaired) electrons. The molecule has 0 aliphatic rings. The van der Waals surface area contributed by atoms with Crippen molar-refractivity contribution in [2.45, 2.75) is 39.5 Å². The summed E-state index contributed by atoms with van der Waals surface area (Å²) in [6.45, 7) is 10.8. The molecule has 140 valence electrons. The van der Waals surface area contributed by atoms with Crippen LogP contribution in [0.1, 0.15) is 36.9 Å². The van der Waals surface area contributed by atoms with Crippen LogP contribution in [0.25, 0.3) is 21.7 Å². The van der Waals surface area contributed by atoms with Crippen LogP contribution < -0.4 is 5.32 Å². The number of fused-ring (bicyclic) bond motifs is 1. The average Bonchev–Trinajstić information content (AvgIpc) is 2.99. The highest BCUT2D eigenvalue weighted by Gasteiger charge is 2.18. The fraction of sp³-hybridized carbons (Fsp3) is 0.364. The minimum Gasteiger partial charge on any atom is -0.369 e. The molecular weight excluding hydrogens is 339 g/mol. The predicted molar refractivity (Wildman–Crippen MR) is 110 cm³/mol. The molecule has 2 heterocycles. The van der Waals surface area contributed by atoms with Crippen molar-refractivity contribution in [1.29, 1.82) is 0 Å². The van der Waals surface area contributed by atoms with Crippen molar-refractivity contribution in [2.24, 2.45) is 0 Å². The van der Waals surface area contributed by atoms with Crippen molar-refractivity contribution in [2.75, 3.05) is 18.4 Å². The predicted octanol–water partition coefficient (Wildman–Crippen LogP) is 5.69. The van der Waals surface area contributed by atoms with Crippen molar-refractivity contribution < 1.29 is 4.39 Å². The number of rotatable bonds is 8. The number of hydrogen-bond acceptors (Lipinski definition) is 2. The molecule has 27 heavy (non-hydrogen) atoms. The molecule has 3 aromatic rings. The molecule has 0 fully saturated rings. The number of aromatic nitrogens is 2. The number of halogens is 1. The fourth-order valence-electron chi connectivity index (χ4n) is 3.42. The van der Waals surface area contributed by atoms with E-state index in [2.05, 4.69) is 20.6 Å². The lowest BCUT2D eigenvalue weighted by molar-refractivity contribution is 0.631. The monoisotopic (exact) mass is 365 g/mol. The van der Waals surface area contributed by atoms with Crippen LogP contribution in [0.3, 0.4) is 0 Å². The first-order chi connectivity index (χ1) is 13.1. The fourth-order valence-corrected chi connectivity index (χ4v) is 3.42. The normalized spacial score (nSPS) is 10.9. The van der Waals surface area contributed by atoms with Crippen LogP contribution in [-0.4, -0.2) is 22.5 Å². The Morgan fingerprint density at radius 2 is 1.89 bits per heavy atom. The molecule has 0 aliphatic heterocycles. The van der Waals surface area contributed by atoms with E-state index in [9.17, 15) is 4.39 Å². The Kier molecular flexibility index (Phi) is 6.08. The van der Waals surface area contributed by atoms with E-state index < -0.39 is 0 Å². The Hall–Kier alpha value is -2.87. The van der Waals surface area contributed by atoms with E-state index in [0.29, 0.717) is 11.3 Å². The van der Waals surface area contributed by atoms with Gasteiger partial charge < -0.3 is 5.32 Å². The Balaban J connectivity index is 1.88. The van der Waals surface area contributed by atoms with E-state index in [-0.39, 0.29) is 5.82 Å². The van der Waals surface area contributed by atoms with Gasteiger partial charge in [0.1, 0.15) is 23.0 Å². The molecule has 2 aromatic heterocycles. The lowest BCUT2D eigenvalue weighted by Gasteiger charge is -2.11. The van der Waals surface area contributed by atoms with E-state index in [1.54, 1.807) is 12.1 Å². The number of nitrogens with one attached hydrogen (secondary N) is 1. The summed E-state index contributed by atoms with van der Waals surface area (Å²) < 4.78 is 16.5. The number of imidazole rings is 1. The van der Waals surface area contributed by atoms with Gasteiger partial charge in [-0.1, -0.05) is 23.4 Å². The van der Waals surface area contributed by atoms with Crippen LogP contribution in [0.4, 0.5) is 10.2 Å². The van der Waals surface area contributed by atoms with E-state index in [1.807, 2.05) is 26.0 Å². The summed E-state index contributed by atoms with van der Waals surface area (Å²) in [5, 5.41) is 3.50. The van der Waals surface area contributed by atoms with E-state index >= 15 is 0 Å². The van der Waals surface area contributed by atoms with Crippen LogP contribution in [0.2, 0.25) is 0 Å². The molecule has 5 heteroatoms. The third-order valence-corrected chi connectivity index (χ3v) is 4.68. The molecule has 1 N–H and O–H groups in total. The lowest BCUT2D eigenvalue weighted by atomic mass is 10.1. The molecule has 3 rings (SSSR count). The summed E-state index contributed by atoms with van der Waals surface area (Å²) >= 11 is 0. The first-order valence-electron chi connectivity index (χ1n) is 9.47. The number of nitrogens with zero attached hydrogens (tertiary/aromatic N) is 3. The highest BCUT2D eigenvalue weighted by molar-refractivity contribution is 5.77. The Labute approximate surface area is 159 Å². The van der Waals surface area contributed by atoms with Crippen LogP contribution >= 0.6 is 0 Å². The maximum absolute atomic E-state index is 14.4. The molecule has 0 aliphatic carbocycles. The summed E-state index contributed by atoms with van der Waals surface area (Å²) in [5.74, 6) is 0.591. The largest absolute Gasteiger partial charge is 0.369 e. The van der Waals surface area contributed by atoms with Gasteiger partial charge in [0, 0.05) is 24.2 Å². The molecular formula is C22H26FN4+. The van der Waals surface area contributed by atoms with E-state index in [0.717, 1.165) is 61.5 Å². The van der Waals surface area contributed by atoms with Crippen molar-refractivity contribution in [3.8, 4) is 17.8 Å². The third-order valence-electron chi connectivity index (χ3n) is 4.68. The van der Waals surface area contributed by atoms with Gasteiger partial charge in [-0.05, 0) is 56.5 Å². The summed E-state index contributed by atoms with van der Waals surface area (Å²) in [6.07, 6.45) is 4.25. The van der Waals surface area contributed by atoms with Gasteiger partial charge in [0.2, 0.25) is 0 Å². The van der Waals surface area contributed by atoms with Gasteiger partial charge in [0.05, 0.1) is 0 Å². The highest BCUT2D eigenvalue weighted by Crippen LogP contribution is 2.32. The molecule has 0 saturated heterocycles. The van der Waals surface area contributed by atoms with E-state index in [4.69, 9.17) is 11.6 Å². The average molecular weight is 365 g/mol. The van der Waals surface area contributed by atoms with Gasteiger partial charge in [0.25, 0.3) is 13.1 Å². The zero-order valence-corrected chi connectivity index (χ0v) is 16.0. The number of anilines is 1. The molecule has 0 saturated carbocycles. The van der Waals surface area contributed by atoms with Crippen LogP contribution in [0.15, 0.2) is 36.4 Å².